The van der Waals surface area contributed by atoms with Crippen LogP contribution in [0.2, 0.25) is 0 Å². The van der Waals surface area contributed by atoms with Crippen molar-refractivity contribution in [1.82, 2.24) is 4.57 Å². The van der Waals surface area contributed by atoms with Gasteiger partial charge in [0.1, 0.15) is 5.56 Å². The Morgan fingerprint density at radius 1 is 1.33 bits per heavy atom. The highest BCUT2D eigenvalue weighted by Crippen LogP contribution is 2.42. The van der Waals surface area contributed by atoms with E-state index in [1.165, 1.54) is 12.3 Å². The molecule has 1 aliphatic heterocycles. The summed E-state index contributed by atoms with van der Waals surface area (Å²) in [5, 5.41) is 12.7. The molecule has 7 nitrogen and oxygen atoms in total. The average molecular weight is 368 g/mol. The molecule has 2 aliphatic rings. The Hall–Kier alpha value is -2.96. The molecule has 0 bridgehead atoms. The van der Waals surface area contributed by atoms with E-state index in [1.54, 1.807) is 6.07 Å². The van der Waals surface area contributed by atoms with E-state index in [-0.39, 0.29) is 17.4 Å². The molecule has 1 amide bonds. The number of benzene rings is 1. The summed E-state index contributed by atoms with van der Waals surface area (Å²) in [6, 6.07) is 4.81. The fourth-order valence-corrected chi connectivity index (χ4v) is 3.60. The molecule has 1 saturated carbocycles. The van der Waals surface area contributed by atoms with Crippen molar-refractivity contribution in [1.29, 1.82) is 0 Å². The molecule has 0 saturated heterocycles. The first-order chi connectivity index (χ1) is 13.0. The van der Waals surface area contributed by atoms with Crippen molar-refractivity contribution in [3.8, 4) is 22.8 Å². The maximum Gasteiger partial charge on any atom is 0.322 e. The van der Waals surface area contributed by atoms with E-state index in [1.807, 2.05) is 17.6 Å². The fourth-order valence-electron chi connectivity index (χ4n) is 3.60. The molecule has 1 aliphatic carbocycles. The van der Waals surface area contributed by atoms with Crippen molar-refractivity contribution in [3.63, 3.8) is 0 Å². The molecule has 2 heterocycles. The second-order valence-electron chi connectivity index (χ2n) is 7.24. The van der Waals surface area contributed by atoms with Crippen molar-refractivity contribution in [2.24, 2.45) is 11.1 Å². The van der Waals surface area contributed by atoms with Gasteiger partial charge < -0.3 is 14.4 Å². The number of hydrogen-bond acceptors (Lipinski definition) is 5. The van der Waals surface area contributed by atoms with Gasteiger partial charge in [0.15, 0.2) is 16.9 Å². The number of fused-ring (bicyclic) bond motifs is 3. The first-order valence-electron chi connectivity index (χ1n) is 9.14. The molecule has 140 valence electrons. The van der Waals surface area contributed by atoms with Crippen molar-refractivity contribution in [2.75, 3.05) is 6.61 Å². The van der Waals surface area contributed by atoms with Crippen LogP contribution in [0.4, 0.5) is 0 Å². The minimum atomic E-state index is -1.07. The molecule has 4 rings (SSSR count). The zero-order valence-corrected chi connectivity index (χ0v) is 15.0. The van der Waals surface area contributed by atoms with E-state index in [4.69, 9.17) is 4.74 Å². The van der Waals surface area contributed by atoms with Gasteiger partial charge in [-0.1, -0.05) is 6.92 Å². The van der Waals surface area contributed by atoms with Crippen LogP contribution in [-0.4, -0.2) is 22.2 Å². The molecule has 7 heteroatoms. The number of phenolic OH excluding ortho intramolecular Hbond substituents is 1. The van der Waals surface area contributed by atoms with Crippen molar-refractivity contribution < 1.29 is 14.6 Å². The number of nitroso groups, excluding NO2 is 1. The van der Waals surface area contributed by atoms with Gasteiger partial charge in [0.2, 0.25) is 0 Å². The third-order valence-corrected chi connectivity index (χ3v) is 5.35. The van der Waals surface area contributed by atoms with Crippen LogP contribution in [-0.2, 0) is 6.42 Å². The number of pyridine rings is 1. The fraction of sp³-hybridized carbons (Fsp3) is 0.400. The summed E-state index contributed by atoms with van der Waals surface area (Å²) in [6.45, 7) is 2.62. The summed E-state index contributed by atoms with van der Waals surface area (Å²) in [6.07, 6.45) is 5.18. The van der Waals surface area contributed by atoms with Crippen LogP contribution in [0.3, 0.4) is 0 Å². The lowest BCUT2D eigenvalue weighted by Crippen LogP contribution is -2.25. The maximum absolute atomic E-state index is 12.3. The van der Waals surface area contributed by atoms with Gasteiger partial charge in [-0.3, -0.25) is 9.59 Å². The van der Waals surface area contributed by atoms with Gasteiger partial charge in [-0.05, 0) is 49.3 Å². The lowest BCUT2D eigenvalue weighted by Gasteiger charge is -2.30. The van der Waals surface area contributed by atoms with E-state index in [0.717, 1.165) is 30.4 Å². The largest absolute Gasteiger partial charge is 0.504 e. The number of aromatic hydroxyl groups is 1. The molecule has 1 aromatic heterocycles. The van der Waals surface area contributed by atoms with Crippen molar-refractivity contribution in [3.05, 3.63) is 50.7 Å². The number of aromatic nitrogens is 1. The Labute approximate surface area is 155 Å². The highest BCUT2D eigenvalue weighted by molar-refractivity contribution is 5.94. The van der Waals surface area contributed by atoms with Crippen LogP contribution in [0.15, 0.2) is 34.4 Å². The monoisotopic (exact) mass is 368 g/mol. The van der Waals surface area contributed by atoms with Crippen LogP contribution in [0.5, 0.6) is 11.5 Å². The van der Waals surface area contributed by atoms with Crippen LogP contribution in [0.1, 0.15) is 48.1 Å². The summed E-state index contributed by atoms with van der Waals surface area (Å²) < 4.78 is 7.59. The number of carbonyl (C=O) groups excluding carboxylic acids is 1. The number of phenols is 1. The predicted molar refractivity (Wildman–Crippen MR) is 99.2 cm³/mol. The lowest BCUT2D eigenvalue weighted by atomic mass is 9.90. The molecule has 1 atom stereocenters. The number of carbonyl (C=O) groups is 1. The van der Waals surface area contributed by atoms with E-state index >= 15 is 0 Å². The zero-order valence-electron chi connectivity index (χ0n) is 15.0. The van der Waals surface area contributed by atoms with Crippen LogP contribution >= 0.6 is 0 Å². The summed E-state index contributed by atoms with van der Waals surface area (Å²) in [7, 11) is 0. The maximum atomic E-state index is 12.3. The summed E-state index contributed by atoms with van der Waals surface area (Å²) in [5.41, 5.74) is 1.54. The minimum Gasteiger partial charge on any atom is -0.504 e. The first-order valence-corrected chi connectivity index (χ1v) is 9.14. The van der Waals surface area contributed by atoms with Gasteiger partial charge >= 0.3 is 5.91 Å². The molecule has 2 aromatic rings. The SMILES string of the molecule is CC[C@H]1Cc2cc(OCC3CC3)c(O)cc2-c2cc(=O)c(C(=O)N=O)cn21. The zero-order chi connectivity index (χ0) is 19.1. The van der Waals surface area contributed by atoms with Gasteiger partial charge in [-0.2, -0.15) is 0 Å². The topological polar surface area (TPSA) is 98.0 Å². The van der Waals surface area contributed by atoms with Crippen molar-refractivity contribution >= 4 is 5.91 Å². The van der Waals surface area contributed by atoms with Gasteiger partial charge in [0, 0.05) is 29.0 Å². The van der Waals surface area contributed by atoms with Crippen LogP contribution in [0.25, 0.3) is 11.3 Å². The number of ether oxygens (including phenoxy) is 1. The number of rotatable bonds is 5. The highest BCUT2D eigenvalue weighted by atomic mass is 16.5. The Bertz CT molecular complexity index is 991. The number of hydrogen-bond donors (Lipinski definition) is 1. The Morgan fingerprint density at radius 3 is 2.78 bits per heavy atom. The first kappa shape index (κ1) is 17.5. The van der Waals surface area contributed by atoms with Crippen LogP contribution in [0, 0.1) is 10.8 Å². The van der Waals surface area contributed by atoms with E-state index in [2.05, 4.69) is 5.18 Å². The molecule has 1 aromatic carbocycles. The molecule has 1 fully saturated rings. The molecule has 0 spiro atoms. The van der Waals surface area contributed by atoms with Gasteiger partial charge in [-0.25, -0.2) is 0 Å². The Morgan fingerprint density at radius 2 is 2.11 bits per heavy atom. The van der Waals surface area contributed by atoms with E-state index in [9.17, 15) is 19.6 Å². The van der Waals surface area contributed by atoms with E-state index in [0.29, 0.717) is 30.4 Å². The molecule has 0 radical (unpaired) electrons. The van der Waals surface area contributed by atoms with Crippen molar-refractivity contribution in [2.45, 2.75) is 38.6 Å². The van der Waals surface area contributed by atoms with Gasteiger partial charge in [0.25, 0.3) is 0 Å². The minimum absolute atomic E-state index is 0.0205. The Kier molecular flexibility index (Phi) is 4.30. The Balaban J connectivity index is 1.81. The predicted octanol–water partition coefficient (Wildman–Crippen LogP) is 3.42. The number of nitrogens with zero attached hydrogens (tertiary/aromatic N) is 2. The molecule has 0 unspecified atom stereocenters. The van der Waals surface area contributed by atoms with Crippen LogP contribution < -0.4 is 10.2 Å². The molecular formula is C20H20N2O5. The third kappa shape index (κ3) is 3.13. The quantitative estimate of drug-likeness (QED) is 0.816. The van der Waals surface area contributed by atoms with Gasteiger partial charge in [-0.15, -0.1) is 4.91 Å². The van der Waals surface area contributed by atoms with E-state index < -0.39 is 11.3 Å². The molecule has 1 N–H and O–H groups in total. The smallest absolute Gasteiger partial charge is 0.322 e. The highest BCUT2D eigenvalue weighted by Gasteiger charge is 2.28. The summed E-state index contributed by atoms with van der Waals surface area (Å²) in [5.74, 6) is -0.00514. The second-order valence-corrected chi connectivity index (χ2v) is 7.24. The molecule has 27 heavy (non-hydrogen) atoms. The molecular weight excluding hydrogens is 348 g/mol. The average Bonchev–Trinajstić information content (AvgIpc) is 3.49. The second kappa shape index (κ2) is 6.64. The van der Waals surface area contributed by atoms with Gasteiger partial charge in [0.05, 0.1) is 12.3 Å². The third-order valence-electron chi connectivity index (χ3n) is 5.35. The summed E-state index contributed by atoms with van der Waals surface area (Å²) >= 11 is 0. The lowest BCUT2D eigenvalue weighted by molar-refractivity contribution is 0.0999. The summed E-state index contributed by atoms with van der Waals surface area (Å²) in [4.78, 5) is 34.5. The standard InChI is InChI=1S/C20H20N2O5/c1-2-13-5-12-6-19(27-10-11-3-4-11)18(24)7-14(12)16-8-17(23)15(9-22(13)16)20(25)21-26/h6-9,11,13,24H,2-5,10H2,1H3/t13-/m0/s1. The number of amides is 1. The normalized spacial score (nSPS) is 17.7.